The van der Waals surface area contributed by atoms with Gasteiger partial charge in [-0.1, -0.05) is 25.1 Å². The summed E-state index contributed by atoms with van der Waals surface area (Å²) in [7, 11) is 0. The van der Waals surface area contributed by atoms with E-state index in [9.17, 15) is 0 Å². The van der Waals surface area contributed by atoms with Crippen molar-refractivity contribution in [2.45, 2.75) is 30.5 Å². The summed E-state index contributed by atoms with van der Waals surface area (Å²) >= 11 is 3.57. The van der Waals surface area contributed by atoms with Gasteiger partial charge in [0, 0.05) is 16.3 Å². The van der Waals surface area contributed by atoms with Gasteiger partial charge in [-0.15, -0.1) is 23.1 Å². The van der Waals surface area contributed by atoms with E-state index >= 15 is 0 Å². The SMILES string of the molecule is CCc1nc(CSc2ccccc2)sc1CN. The van der Waals surface area contributed by atoms with Gasteiger partial charge in [-0.2, -0.15) is 0 Å². The highest BCUT2D eigenvalue weighted by Crippen LogP contribution is 2.26. The first-order valence-electron chi connectivity index (χ1n) is 5.68. The zero-order valence-corrected chi connectivity index (χ0v) is 11.5. The maximum absolute atomic E-state index is 5.71. The normalized spacial score (nSPS) is 10.7. The Labute approximate surface area is 110 Å². The van der Waals surface area contributed by atoms with Crippen LogP contribution in [0.1, 0.15) is 22.5 Å². The van der Waals surface area contributed by atoms with Gasteiger partial charge in [0.05, 0.1) is 11.4 Å². The second-order valence-electron chi connectivity index (χ2n) is 3.64. The third-order valence-corrected chi connectivity index (χ3v) is 4.77. The average molecular weight is 264 g/mol. The van der Waals surface area contributed by atoms with Crippen LogP contribution in [0.3, 0.4) is 0 Å². The summed E-state index contributed by atoms with van der Waals surface area (Å²) in [6.45, 7) is 2.74. The molecule has 1 aromatic carbocycles. The van der Waals surface area contributed by atoms with Crippen molar-refractivity contribution in [3.63, 3.8) is 0 Å². The van der Waals surface area contributed by atoms with E-state index in [1.54, 1.807) is 11.3 Å². The molecule has 1 heterocycles. The van der Waals surface area contributed by atoms with Crippen molar-refractivity contribution in [1.82, 2.24) is 4.98 Å². The Morgan fingerprint density at radius 1 is 1.29 bits per heavy atom. The third kappa shape index (κ3) is 3.31. The van der Waals surface area contributed by atoms with Crippen LogP contribution in [-0.2, 0) is 18.7 Å². The van der Waals surface area contributed by atoms with Gasteiger partial charge in [-0.05, 0) is 18.6 Å². The summed E-state index contributed by atoms with van der Waals surface area (Å²) in [6.07, 6.45) is 0.971. The molecule has 1 aromatic heterocycles. The molecule has 17 heavy (non-hydrogen) atoms. The fourth-order valence-corrected chi connectivity index (χ4v) is 3.54. The molecular formula is C13H16N2S2. The summed E-state index contributed by atoms with van der Waals surface area (Å²) in [4.78, 5) is 7.15. The van der Waals surface area contributed by atoms with Crippen LogP contribution in [0.4, 0.5) is 0 Å². The smallest absolute Gasteiger partial charge is 0.103 e. The molecule has 0 amide bonds. The quantitative estimate of drug-likeness (QED) is 0.841. The minimum atomic E-state index is 0.608. The number of benzene rings is 1. The monoisotopic (exact) mass is 264 g/mol. The van der Waals surface area contributed by atoms with Gasteiger partial charge in [-0.25, -0.2) is 4.98 Å². The fraction of sp³-hybridized carbons (Fsp3) is 0.308. The number of hydrogen-bond donors (Lipinski definition) is 1. The van der Waals surface area contributed by atoms with Crippen molar-refractivity contribution in [1.29, 1.82) is 0 Å². The zero-order chi connectivity index (χ0) is 12.1. The molecule has 2 aromatic rings. The van der Waals surface area contributed by atoms with Crippen molar-refractivity contribution in [3.8, 4) is 0 Å². The van der Waals surface area contributed by atoms with E-state index in [1.807, 2.05) is 17.8 Å². The number of aryl methyl sites for hydroxylation is 1. The molecule has 2 N–H and O–H groups in total. The molecule has 2 rings (SSSR count). The predicted octanol–water partition coefficient (Wildman–Crippen LogP) is 3.46. The predicted molar refractivity (Wildman–Crippen MR) is 75.4 cm³/mol. The highest BCUT2D eigenvalue weighted by molar-refractivity contribution is 7.98. The first-order chi connectivity index (χ1) is 8.33. The molecule has 0 spiro atoms. The fourth-order valence-electron chi connectivity index (χ4n) is 1.60. The minimum absolute atomic E-state index is 0.608. The van der Waals surface area contributed by atoms with E-state index in [-0.39, 0.29) is 0 Å². The molecule has 0 radical (unpaired) electrons. The maximum atomic E-state index is 5.71. The highest BCUT2D eigenvalue weighted by atomic mass is 32.2. The highest BCUT2D eigenvalue weighted by Gasteiger charge is 2.08. The minimum Gasteiger partial charge on any atom is -0.326 e. The van der Waals surface area contributed by atoms with E-state index < -0.39 is 0 Å². The summed E-state index contributed by atoms with van der Waals surface area (Å²) in [5, 5.41) is 1.18. The van der Waals surface area contributed by atoms with E-state index in [1.165, 1.54) is 20.5 Å². The van der Waals surface area contributed by atoms with E-state index in [4.69, 9.17) is 5.73 Å². The largest absolute Gasteiger partial charge is 0.326 e. The van der Waals surface area contributed by atoms with Crippen LogP contribution < -0.4 is 5.73 Å². The van der Waals surface area contributed by atoms with E-state index in [0.29, 0.717) is 6.54 Å². The molecule has 0 unspecified atom stereocenters. The van der Waals surface area contributed by atoms with E-state index in [0.717, 1.165) is 12.2 Å². The Hall–Kier alpha value is -0.840. The van der Waals surface area contributed by atoms with Crippen molar-refractivity contribution in [2.24, 2.45) is 5.73 Å². The molecule has 0 aliphatic rings. The number of hydrogen-bond acceptors (Lipinski definition) is 4. The molecule has 0 atom stereocenters. The van der Waals surface area contributed by atoms with Crippen LogP contribution in [0.5, 0.6) is 0 Å². The van der Waals surface area contributed by atoms with Gasteiger partial charge in [0.1, 0.15) is 5.01 Å². The van der Waals surface area contributed by atoms with Gasteiger partial charge in [0.25, 0.3) is 0 Å². The standard InChI is InChI=1S/C13H16N2S2/c1-2-11-12(8-14)17-13(15-11)9-16-10-6-4-3-5-7-10/h3-7H,2,8-9,14H2,1H3. The number of rotatable bonds is 5. The summed E-state index contributed by atoms with van der Waals surface area (Å²) in [5.74, 6) is 0.932. The number of nitrogens with two attached hydrogens (primary N) is 1. The Kier molecular flexibility index (Phi) is 4.59. The Morgan fingerprint density at radius 3 is 2.65 bits per heavy atom. The summed E-state index contributed by atoms with van der Waals surface area (Å²) in [5.41, 5.74) is 6.88. The Balaban J connectivity index is 2.02. The lowest BCUT2D eigenvalue weighted by atomic mass is 10.3. The van der Waals surface area contributed by atoms with Gasteiger partial charge in [0.2, 0.25) is 0 Å². The second kappa shape index (κ2) is 6.19. The van der Waals surface area contributed by atoms with Crippen LogP contribution in [0.2, 0.25) is 0 Å². The van der Waals surface area contributed by atoms with Gasteiger partial charge >= 0.3 is 0 Å². The third-order valence-electron chi connectivity index (χ3n) is 2.45. The summed E-state index contributed by atoms with van der Waals surface area (Å²) < 4.78 is 0. The van der Waals surface area contributed by atoms with Crippen molar-refractivity contribution >= 4 is 23.1 Å². The molecule has 0 saturated heterocycles. The Morgan fingerprint density at radius 2 is 2.06 bits per heavy atom. The molecule has 0 aliphatic heterocycles. The molecule has 2 nitrogen and oxygen atoms in total. The van der Waals surface area contributed by atoms with Crippen molar-refractivity contribution < 1.29 is 0 Å². The lowest BCUT2D eigenvalue weighted by Gasteiger charge is -1.97. The topological polar surface area (TPSA) is 38.9 Å². The van der Waals surface area contributed by atoms with Crippen LogP contribution >= 0.6 is 23.1 Å². The van der Waals surface area contributed by atoms with Gasteiger partial charge in [-0.3, -0.25) is 0 Å². The first kappa shape index (κ1) is 12.6. The molecule has 0 fully saturated rings. The second-order valence-corrected chi connectivity index (χ2v) is 5.85. The molecule has 4 heteroatoms. The Bertz CT molecular complexity index is 444. The van der Waals surface area contributed by atoms with Gasteiger partial charge < -0.3 is 5.73 Å². The molecular weight excluding hydrogens is 248 g/mol. The maximum Gasteiger partial charge on any atom is 0.103 e. The summed E-state index contributed by atoms with van der Waals surface area (Å²) in [6, 6.07) is 10.4. The number of thioether (sulfide) groups is 1. The van der Waals surface area contributed by atoms with Gasteiger partial charge in [0.15, 0.2) is 0 Å². The lowest BCUT2D eigenvalue weighted by molar-refractivity contribution is 0.978. The van der Waals surface area contributed by atoms with Crippen molar-refractivity contribution in [2.75, 3.05) is 0 Å². The van der Waals surface area contributed by atoms with E-state index in [2.05, 4.69) is 36.2 Å². The average Bonchev–Trinajstić information content (AvgIpc) is 2.80. The van der Waals surface area contributed by atoms with Crippen LogP contribution in [-0.4, -0.2) is 4.98 Å². The molecule has 0 saturated carbocycles. The number of aromatic nitrogens is 1. The molecule has 90 valence electrons. The van der Waals surface area contributed by atoms with Crippen LogP contribution in [0.25, 0.3) is 0 Å². The van der Waals surface area contributed by atoms with Crippen LogP contribution in [0, 0.1) is 0 Å². The number of nitrogens with zero attached hydrogens (tertiary/aromatic N) is 1. The lowest BCUT2D eigenvalue weighted by Crippen LogP contribution is -1.96. The molecule has 0 aliphatic carbocycles. The number of thiazole rings is 1. The molecule has 0 bridgehead atoms. The first-order valence-corrected chi connectivity index (χ1v) is 7.49. The van der Waals surface area contributed by atoms with Crippen LogP contribution in [0.15, 0.2) is 35.2 Å². The zero-order valence-electron chi connectivity index (χ0n) is 9.85. The van der Waals surface area contributed by atoms with Crippen molar-refractivity contribution in [3.05, 3.63) is 45.9 Å².